The van der Waals surface area contributed by atoms with Crippen LogP contribution in [-0.4, -0.2) is 30.7 Å². The van der Waals surface area contributed by atoms with Gasteiger partial charge in [0.25, 0.3) is 5.91 Å². The third kappa shape index (κ3) is 2.55. The number of nitrogens with zero attached hydrogens (tertiary/aromatic N) is 4. The molecule has 0 fully saturated rings. The molecular formula is C17H20N6O. The van der Waals surface area contributed by atoms with Crippen molar-refractivity contribution in [1.29, 1.82) is 0 Å². The monoisotopic (exact) mass is 324 g/mol. The van der Waals surface area contributed by atoms with Crippen LogP contribution in [0.15, 0.2) is 24.4 Å². The second-order valence-electron chi connectivity index (χ2n) is 6.27. The van der Waals surface area contributed by atoms with E-state index in [1.165, 1.54) is 6.42 Å². The summed E-state index contributed by atoms with van der Waals surface area (Å²) in [5.74, 6) is 0.551. The number of pyridine rings is 1. The van der Waals surface area contributed by atoms with Crippen LogP contribution in [0.3, 0.4) is 0 Å². The summed E-state index contributed by atoms with van der Waals surface area (Å²) in [6.45, 7) is 1.91. The highest BCUT2D eigenvalue weighted by Crippen LogP contribution is 2.22. The Balaban J connectivity index is 1.57. The van der Waals surface area contributed by atoms with Gasteiger partial charge in [-0.3, -0.25) is 14.3 Å². The van der Waals surface area contributed by atoms with Gasteiger partial charge in [0, 0.05) is 17.5 Å². The van der Waals surface area contributed by atoms with E-state index in [-0.39, 0.29) is 11.9 Å². The number of aromatic nitrogens is 5. The molecule has 0 aromatic carbocycles. The van der Waals surface area contributed by atoms with Crippen LogP contribution in [0.1, 0.15) is 59.8 Å². The first kappa shape index (κ1) is 14.9. The summed E-state index contributed by atoms with van der Waals surface area (Å²) in [5, 5.41) is 18.6. The minimum Gasteiger partial charge on any atom is -0.341 e. The molecule has 4 rings (SSSR count). The smallest absolute Gasteiger partial charge is 0.272 e. The quantitative estimate of drug-likeness (QED) is 0.723. The van der Waals surface area contributed by atoms with Crippen LogP contribution in [-0.2, 0) is 12.8 Å². The number of H-pyrrole nitrogens is 1. The molecule has 3 aromatic heterocycles. The molecule has 1 aliphatic carbocycles. The van der Waals surface area contributed by atoms with Gasteiger partial charge in [-0.2, -0.15) is 5.10 Å². The molecule has 1 amide bonds. The van der Waals surface area contributed by atoms with Gasteiger partial charge < -0.3 is 5.32 Å². The van der Waals surface area contributed by atoms with E-state index in [2.05, 4.69) is 25.7 Å². The third-order valence-corrected chi connectivity index (χ3v) is 4.60. The summed E-state index contributed by atoms with van der Waals surface area (Å²) in [6, 6.07) is 5.46. The number of amides is 1. The molecule has 124 valence electrons. The van der Waals surface area contributed by atoms with E-state index in [0.29, 0.717) is 11.5 Å². The van der Waals surface area contributed by atoms with Crippen molar-refractivity contribution in [3.63, 3.8) is 0 Å². The Kier molecular flexibility index (Phi) is 3.76. The molecule has 0 radical (unpaired) electrons. The van der Waals surface area contributed by atoms with Crippen LogP contribution >= 0.6 is 0 Å². The molecule has 1 aliphatic rings. The second-order valence-corrected chi connectivity index (χ2v) is 6.27. The maximum atomic E-state index is 12.7. The van der Waals surface area contributed by atoms with Crippen molar-refractivity contribution in [3.8, 4) is 0 Å². The van der Waals surface area contributed by atoms with Crippen molar-refractivity contribution < 1.29 is 4.79 Å². The van der Waals surface area contributed by atoms with Crippen molar-refractivity contribution >= 4 is 11.6 Å². The lowest BCUT2D eigenvalue weighted by Crippen LogP contribution is -2.29. The Morgan fingerprint density at radius 3 is 3.04 bits per heavy atom. The minimum atomic E-state index is -0.256. The first-order chi connectivity index (χ1) is 11.7. The lowest BCUT2D eigenvalue weighted by atomic mass is 10.1. The van der Waals surface area contributed by atoms with Crippen molar-refractivity contribution in [1.82, 2.24) is 30.1 Å². The zero-order chi connectivity index (χ0) is 16.5. The van der Waals surface area contributed by atoms with Gasteiger partial charge in [-0.05, 0) is 44.7 Å². The molecule has 24 heavy (non-hydrogen) atoms. The van der Waals surface area contributed by atoms with E-state index in [4.69, 9.17) is 0 Å². The number of carbonyl (C=O) groups excluding carboxylic acids is 1. The number of rotatable bonds is 3. The molecule has 0 saturated carbocycles. The fraction of sp³-hybridized carbons (Fsp3) is 0.412. The first-order valence-electron chi connectivity index (χ1n) is 8.40. The summed E-state index contributed by atoms with van der Waals surface area (Å²) in [5.41, 5.74) is 3.47. The SMILES string of the molecule is C[C@@H](NC(=O)c1n[nH]c2c1CCCCC2)c1nnc2ccccn12. The average molecular weight is 324 g/mol. The van der Waals surface area contributed by atoms with E-state index in [1.54, 1.807) is 0 Å². The second kappa shape index (κ2) is 6.07. The number of carbonyl (C=O) groups is 1. The van der Waals surface area contributed by atoms with Gasteiger partial charge in [-0.15, -0.1) is 10.2 Å². The summed E-state index contributed by atoms with van der Waals surface area (Å²) in [6.07, 6.45) is 7.24. The molecule has 0 unspecified atom stereocenters. The standard InChI is InChI=1S/C17H20N6O/c1-11(16-22-20-14-9-5-6-10-23(14)16)18-17(24)15-12-7-3-2-4-8-13(12)19-21-15/h5-6,9-11H,2-4,7-8H2,1H3,(H,18,24)(H,19,21)/t11-/m1/s1. The van der Waals surface area contributed by atoms with Crippen LogP contribution in [0.25, 0.3) is 5.65 Å². The van der Waals surface area contributed by atoms with Gasteiger partial charge in [-0.1, -0.05) is 12.5 Å². The van der Waals surface area contributed by atoms with E-state index in [0.717, 1.165) is 42.6 Å². The third-order valence-electron chi connectivity index (χ3n) is 4.60. The predicted molar refractivity (Wildman–Crippen MR) is 88.7 cm³/mol. The molecule has 0 aliphatic heterocycles. The zero-order valence-corrected chi connectivity index (χ0v) is 13.6. The number of aryl methyl sites for hydroxylation is 1. The topological polar surface area (TPSA) is 88.0 Å². The highest BCUT2D eigenvalue weighted by Gasteiger charge is 2.23. The molecule has 7 heteroatoms. The van der Waals surface area contributed by atoms with Crippen molar-refractivity contribution in [2.75, 3.05) is 0 Å². The molecule has 0 spiro atoms. The highest BCUT2D eigenvalue weighted by molar-refractivity contribution is 5.94. The van der Waals surface area contributed by atoms with Crippen LogP contribution in [0.5, 0.6) is 0 Å². The maximum Gasteiger partial charge on any atom is 0.272 e. The summed E-state index contributed by atoms with van der Waals surface area (Å²) in [4.78, 5) is 12.7. The van der Waals surface area contributed by atoms with E-state index < -0.39 is 0 Å². The van der Waals surface area contributed by atoms with Gasteiger partial charge in [0.2, 0.25) is 0 Å². The summed E-state index contributed by atoms with van der Waals surface area (Å²) in [7, 11) is 0. The fourth-order valence-corrected chi connectivity index (χ4v) is 3.33. The Morgan fingerprint density at radius 2 is 2.12 bits per heavy atom. The predicted octanol–water partition coefficient (Wildman–Crippen LogP) is 2.21. The van der Waals surface area contributed by atoms with Gasteiger partial charge in [-0.25, -0.2) is 0 Å². The molecule has 3 aromatic rings. The van der Waals surface area contributed by atoms with Crippen LogP contribution < -0.4 is 5.32 Å². The number of hydrogen-bond donors (Lipinski definition) is 2. The summed E-state index contributed by atoms with van der Waals surface area (Å²) < 4.78 is 1.88. The molecule has 0 saturated heterocycles. The molecule has 0 bridgehead atoms. The van der Waals surface area contributed by atoms with Gasteiger partial charge in [0.1, 0.15) is 0 Å². The van der Waals surface area contributed by atoms with Crippen LogP contribution in [0.2, 0.25) is 0 Å². The number of fused-ring (bicyclic) bond motifs is 2. The number of hydrogen-bond acceptors (Lipinski definition) is 4. The molecular weight excluding hydrogens is 304 g/mol. The summed E-state index contributed by atoms with van der Waals surface area (Å²) >= 11 is 0. The fourth-order valence-electron chi connectivity index (χ4n) is 3.33. The van der Waals surface area contributed by atoms with Crippen molar-refractivity contribution in [2.24, 2.45) is 0 Å². The van der Waals surface area contributed by atoms with E-state index in [9.17, 15) is 4.79 Å². The van der Waals surface area contributed by atoms with Crippen LogP contribution in [0.4, 0.5) is 0 Å². The Morgan fingerprint density at radius 1 is 1.25 bits per heavy atom. The number of aromatic amines is 1. The lowest BCUT2D eigenvalue weighted by Gasteiger charge is -2.12. The van der Waals surface area contributed by atoms with E-state index in [1.807, 2.05) is 35.7 Å². The normalized spacial score (nSPS) is 15.7. The Labute approximate surface area is 139 Å². The minimum absolute atomic E-state index is 0.158. The molecule has 3 heterocycles. The Hall–Kier alpha value is -2.70. The van der Waals surface area contributed by atoms with Gasteiger partial charge >= 0.3 is 0 Å². The van der Waals surface area contributed by atoms with Gasteiger partial charge in [0.05, 0.1) is 6.04 Å². The number of nitrogens with one attached hydrogen (secondary N) is 2. The first-order valence-corrected chi connectivity index (χ1v) is 8.40. The molecule has 2 N–H and O–H groups in total. The lowest BCUT2D eigenvalue weighted by molar-refractivity contribution is 0.0932. The van der Waals surface area contributed by atoms with E-state index >= 15 is 0 Å². The van der Waals surface area contributed by atoms with Crippen molar-refractivity contribution in [2.45, 2.75) is 45.1 Å². The van der Waals surface area contributed by atoms with Crippen molar-refractivity contribution in [3.05, 3.63) is 47.2 Å². The van der Waals surface area contributed by atoms with Crippen LogP contribution in [0, 0.1) is 0 Å². The Bertz CT molecular complexity index is 880. The molecule has 1 atom stereocenters. The van der Waals surface area contributed by atoms with Gasteiger partial charge in [0.15, 0.2) is 17.2 Å². The highest BCUT2D eigenvalue weighted by atomic mass is 16.2. The maximum absolute atomic E-state index is 12.7. The largest absolute Gasteiger partial charge is 0.341 e. The average Bonchev–Trinajstić information content (AvgIpc) is 3.13. The zero-order valence-electron chi connectivity index (χ0n) is 13.6. The molecule has 7 nitrogen and oxygen atoms in total.